The van der Waals surface area contributed by atoms with E-state index in [2.05, 4.69) is 15.1 Å². The van der Waals surface area contributed by atoms with E-state index in [9.17, 15) is 4.79 Å². The number of ether oxygens (including phenoxy) is 1. The summed E-state index contributed by atoms with van der Waals surface area (Å²) in [6, 6.07) is 7.92. The van der Waals surface area contributed by atoms with Gasteiger partial charge in [0.15, 0.2) is 0 Å². The summed E-state index contributed by atoms with van der Waals surface area (Å²) in [5, 5.41) is 3.06. The van der Waals surface area contributed by atoms with Gasteiger partial charge in [-0.25, -0.2) is 0 Å². The number of likely N-dealkylation sites (tertiary alicyclic amines) is 1. The van der Waals surface area contributed by atoms with Crippen molar-refractivity contribution in [3.8, 4) is 0 Å². The SMILES string of the molecule is Cc1cccc(NC(=O)C(C)N2CCC(CCN3CCOCC3)CC2)c1. The Morgan fingerprint density at radius 1 is 1.23 bits per heavy atom. The van der Waals surface area contributed by atoms with Crippen molar-refractivity contribution in [3.05, 3.63) is 29.8 Å². The van der Waals surface area contributed by atoms with Crippen molar-refractivity contribution in [3.63, 3.8) is 0 Å². The Morgan fingerprint density at radius 2 is 1.96 bits per heavy atom. The predicted molar refractivity (Wildman–Crippen MR) is 105 cm³/mol. The third-order valence-corrected chi connectivity index (χ3v) is 5.82. The fourth-order valence-corrected chi connectivity index (χ4v) is 3.95. The van der Waals surface area contributed by atoms with Gasteiger partial charge in [-0.2, -0.15) is 0 Å². The number of hydrogen-bond acceptors (Lipinski definition) is 4. The number of hydrogen-bond donors (Lipinski definition) is 1. The van der Waals surface area contributed by atoms with Gasteiger partial charge in [0, 0.05) is 18.8 Å². The number of anilines is 1. The maximum atomic E-state index is 12.6. The normalized spacial score (nSPS) is 21.5. The number of piperidine rings is 1. The molecule has 1 aromatic rings. The molecule has 0 bridgehead atoms. The van der Waals surface area contributed by atoms with Crippen LogP contribution in [0.5, 0.6) is 0 Å². The Labute approximate surface area is 157 Å². The Balaban J connectivity index is 1.39. The first-order chi connectivity index (χ1) is 12.6. The minimum Gasteiger partial charge on any atom is -0.379 e. The predicted octanol–water partition coefficient (Wildman–Crippen LogP) is 2.76. The van der Waals surface area contributed by atoms with E-state index in [1.807, 2.05) is 38.1 Å². The van der Waals surface area contributed by atoms with E-state index in [1.165, 1.54) is 25.8 Å². The molecule has 2 fully saturated rings. The minimum atomic E-state index is -0.0734. The molecule has 5 heteroatoms. The van der Waals surface area contributed by atoms with Crippen molar-refractivity contribution in [1.82, 2.24) is 9.80 Å². The highest BCUT2D eigenvalue weighted by Gasteiger charge is 2.27. The molecule has 0 aromatic heterocycles. The van der Waals surface area contributed by atoms with E-state index in [-0.39, 0.29) is 11.9 Å². The fourth-order valence-electron chi connectivity index (χ4n) is 3.95. The molecular formula is C21H33N3O2. The molecule has 0 saturated carbocycles. The second kappa shape index (κ2) is 9.49. The van der Waals surface area contributed by atoms with Gasteiger partial charge < -0.3 is 10.1 Å². The zero-order chi connectivity index (χ0) is 18.4. The standard InChI is InChI=1S/C21H33N3O2/c1-17-4-3-5-20(16-17)22-21(25)18(2)24-10-7-19(8-11-24)6-9-23-12-14-26-15-13-23/h3-5,16,18-19H,6-15H2,1-2H3,(H,22,25). The molecule has 3 rings (SSSR count). The Hall–Kier alpha value is -1.43. The number of benzene rings is 1. The van der Waals surface area contributed by atoms with Crippen LogP contribution in [-0.4, -0.2) is 67.7 Å². The van der Waals surface area contributed by atoms with Crippen molar-refractivity contribution >= 4 is 11.6 Å². The lowest BCUT2D eigenvalue weighted by molar-refractivity contribution is -0.121. The number of morpholine rings is 1. The summed E-state index contributed by atoms with van der Waals surface area (Å²) < 4.78 is 5.42. The van der Waals surface area contributed by atoms with Gasteiger partial charge in [-0.1, -0.05) is 12.1 Å². The first-order valence-electron chi connectivity index (χ1n) is 10.0. The lowest BCUT2D eigenvalue weighted by Gasteiger charge is -2.36. The number of carbonyl (C=O) groups is 1. The zero-order valence-corrected chi connectivity index (χ0v) is 16.2. The van der Waals surface area contributed by atoms with Crippen molar-refractivity contribution < 1.29 is 9.53 Å². The molecule has 2 saturated heterocycles. The number of nitrogens with one attached hydrogen (secondary N) is 1. The molecule has 1 atom stereocenters. The maximum Gasteiger partial charge on any atom is 0.241 e. The molecule has 0 radical (unpaired) electrons. The molecular weight excluding hydrogens is 326 g/mol. The van der Waals surface area contributed by atoms with Crippen LogP contribution in [0.25, 0.3) is 0 Å². The van der Waals surface area contributed by atoms with Crippen molar-refractivity contribution in [1.29, 1.82) is 0 Å². The molecule has 2 aliphatic rings. The van der Waals surface area contributed by atoms with Gasteiger partial charge in [0.25, 0.3) is 0 Å². The number of rotatable bonds is 6. The lowest BCUT2D eigenvalue weighted by atomic mass is 9.92. The van der Waals surface area contributed by atoms with Crippen LogP contribution in [0.1, 0.15) is 31.7 Å². The number of carbonyl (C=O) groups excluding carboxylic acids is 1. The summed E-state index contributed by atoms with van der Waals surface area (Å²) in [4.78, 5) is 17.4. The van der Waals surface area contributed by atoms with Gasteiger partial charge in [0.1, 0.15) is 0 Å². The van der Waals surface area contributed by atoms with Gasteiger partial charge >= 0.3 is 0 Å². The second-order valence-electron chi connectivity index (χ2n) is 7.76. The minimum absolute atomic E-state index is 0.0734. The summed E-state index contributed by atoms with van der Waals surface area (Å²) in [5.41, 5.74) is 2.05. The fraction of sp³-hybridized carbons (Fsp3) is 0.667. The van der Waals surface area contributed by atoms with E-state index in [0.717, 1.165) is 56.6 Å². The first kappa shape index (κ1) is 19.3. The molecule has 26 heavy (non-hydrogen) atoms. The third-order valence-electron chi connectivity index (χ3n) is 5.82. The molecule has 144 valence electrons. The van der Waals surface area contributed by atoms with Crippen LogP contribution in [-0.2, 0) is 9.53 Å². The monoisotopic (exact) mass is 359 g/mol. The maximum absolute atomic E-state index is 12.6. The molecule has 2 aliphatic heterocycles. The summed E-state index contributed by atoms with van der Waals surface area (Å²) in [7, 11) is 0. The van der Waals surface area contributed by atoms with Crippen LogP contribution in [0.2, 0.25) is 0 Å². The highest BCUT2D eigenvalue weighted by molar-refractivity contribution is 5.94. The molecule has 1 unspecified atom stereocenters. The Bertz CT molecular complexity index is 578. The lowest BCUT2D eigenvalue weighted by Crippen LogP contribution is -2.46. The van der Waals surface area contributed by atoms with Gasteiger partial charge in [0.2, 0.25) is 5.91 Å². The van der Waals surface area contributed by atoms with Gasteiger partial charge in [-0.3, -0.25) is 14.6 Å². The first-order valence-corrected chi connectivity index (χ1v) is 10.0. The van der Waals surface area contributed by atoms with Crippen LogP contribution in [0.4, 0.5) is 5.69 Å². The van der Waals surface area contributed by atoms with Crippen molar-refractivity contribution in [2.24, 2.45) is 5.92 Å². The molecule has 2 heterocycles. The molecule has 1 amide bonds. The zero-order valence-electron chi connectivity index (χ0n) is 16.2. The topological polar surface area (TPSA) is 44.8 Å². The van der Waals surface area contributed by atoms with Gasteiger partial charge in [-0.15, -0.1) is 0 Å². The van der Waals surface area contributed by atoms with E-state index in [4.69, 9.17) is 4.74 Å². The van der Waals surface area contributed by atoms with Crippen molar-refractivity contribution in [2.45, 2.75) is 39.2 Å². The van der Waals surface area contributed by atoms with Crippen LogP contribution in [0.15, 0.2) is 24.3 Å². The van der Waals surface area contributed by atoms with E-state index < -0.39 is 0 Å². The highest BCUT2D eigenvalue weighted by atomic mass is 16.5. The summed E-state index contributed by atoms with van der Waals surface area (Å²) in [6.45, 7) is 11.2. The average Bonchev–Trinajstić information content (AvgIpc) is 2.67. The molecule has 1 aromatic carbocycles. The van der Waals surface area contributed by atoms with Gasteiger partial charge in [-0.05, 0) is 76.4 Å². The summed E-state index contributed by atoms with van der Waals surface area (Å²) >= 11 is 0. The Kier molecular flexibility index (Phi) is 7.06. The van der Waals surface area contributed by atoms with E-state index >= 15 is 0 Å². The summed E-state index contributed by atoms with van der Waals surface area (Å²) in [5.74, 6) is 0.892. The van der Waals surface area contributed by atoms with Crippen LogP contribution in [0, 0.1) is 12.8 Å². The second-order valence-corrected chi connectivity index (χ2v) is 7.76. The largest absolute Gasteiger partial charge is 0.379 e. The number of amides is 1. The molecule has 0 aliphatic carbocycles. The Morgan fingerprint density at radius 3 is 2.65 bits per heavy atom. The summed E-state index contributed by atoms with van der Waals surface area (Å²) in [6.07, 6.45) is 3.68. The molecule has 5 nitrogen and oxygen atoms in total. The highest BCUT2D eigenvalue weighted by Crippen LogP contribution is 2.23. The average molecular weight is 360 g/mol. The molecule has 0 spiro atoms. The third kappa shape index (κ3) is 5.53. The quantitative estimate of drug-likeness (QED) is 0.848. The van der Waals surface area contributed by atoms with Crippen molar-refractivity contribution in [2.75, 3.05) is 51.3 Å². The smallest absolute Gasteiger partial charge is 0.241 e. The van der Waals surface area contributed by atoms with Crippen LogP contribution in [0.3, 0.4) is 0 Å². The van der Waals surface area contributed by atoms with E-state index in [0.29, 0.717) is 0 Å². The number of aryl methyl sites for hydroxylation is 1. The van der Waals surface area contributed by atoms with Crippen LogP contribution < -0.4 is 5.32 Å². The van der Waals surface area contributed by atoms with Crippen LogP contribution >= 0.6 is 0 Å². The van der Waals surface area contributed by atoms with E-state index in [1.54, 1.807) is 0 Å². The van der Waals surface area contributed by atoms with Gasteiger partial charge in [0.05, 0.1) is 19.3 Å². The number of nitrogens with zero attached hydrogens (tertiary/aromatic N) is 2. The molecule has 1 N–H and O–H groups in total.